The molecule has 0 unspecified atom stereocenters. The number of nitrogens with zero attached hydrogens (tertiary/aromatic N) is 3. The minimum Gasteiger partial charge on any atom is -0.368 e. The van der Waals surface area contributed by atoms with Crippen molar-refractivity contribution in [2.24, 2.45) is 0 Å². The van der Waals surface area contributed by atoms with E-state index in [0.29, 0.717) is 12.0 Å². The standard InChI is InChI=1S/C10H17N5/c1-15-6-3-8(4-7-15)13-9-2-5-12-10(11)14-9/h2,5,8H,3-4,6-7H2,1H3,(H3,11,12,13,14). The van der Waals surface area contributed by atoms with E-state index in [0.717, 1.165) is 31.7 Å². The zero-order valence-corrected chi connectivity index (χ0v) is 8.98. The highest BCUT2D eigenvalue weighted by Crippen LogP contribution is 2.13. The van der Waals surface area contributed by atoms with E-state index in [1.807, 2.05) is 6.07 Å². The maximum Gasteiger partial charge on any atom is 0.221 e. The summed E-state index contributed by atoms with van der Waals surface area (Å²) in [6, 6.07) is 2.37. The van der Waals surface area contributed by atoms with Crippen molar-refractivity contribution in [3.8, 4) is 0 Å². The molecule has 0 aromatic carbocycles. The van der Waals surface area contributed by atoms with Gasteiger partial charge in [-0.3, -0.25) is 0 Å². The molecule has 0 bridgehead atoms. The van der Waals surface area contributed by atoms with E-state index in [1.165, 1.54) is 0 Å². The van der Waals surface area contributed by atoms with Crippen LogP contribution < -0.4 is 11.1 Å². The predicted octanol–water partition coefficient (Wildman–Crippen LogP) is 0.565. The molecule has 1 fully saturated rings. The monoisotopic (exact) mass is 207 g/mol. The highest BCUT2D eigenvalue weighted by molar-refractivity contribution is 5.38. The molecule has 3 N–H and O–H groups in total. The number of rotatable bonds is 2. The average molecular weight is 207 g/mol. The molecule has 1 aromatic rings. The molecule has 1 aliphatic heterocycles. The largest absolute Gasteiger partial charge is 0.368 e. The third kappa shape index (κ3) is 2.79. The summed E-state index contributed by atoms with van der Waals surface area (Å²) in [5.41, 5.74) is 5.52. The van der Waals surface area contributed by atoms with Crippen LogP contribution in [0.4, 0.5) is 11.8 Å². The van der Waals surface area contributed by atoms with Crippen molar-refractivity contribution in [2.45, 2.75) is 18.9 Å². The molecular weight excluding hydrogens is 190 g/mol. The highest BCUT2D eigenvalue weighted by atomic mass is 15.1. The van der Waals surface area contributed by atoms with Crippen LogP contribution >= 0.6 is 0 Å². The smallest absolute Gasteiger partial charge is 0.221 e. The minimum atomic E-state index is 0.327. The molecule has 2 rings (SSSR count). The van der Waals surface area contributed by atoms with Gasteiger partial charge < -0.3 is 16.0 Å². The van der Waals surface area contributed by atoms with E-state index in [-0.39, 0.29) is 0 Å². The molecule has 5 nitrogen and oxygen atoms in total. The molecule has 5 heteroatoms. The molecule has 0 atom stereocenters. The number of aromatic nitrogens is 2. The fraction of sp³-hybridized carbons (Fsp3) is 0.600. The Morgan fingerprint density at radius 3 is 2.87 bits per heavy atom. The first kappa shape index (κ1) is 10.2. The number of anilines is 2. The van der Waals surface area contributed by atoms with E-state index < -0.39 is 0 Å². The van der Waals surface area contributed by atoms with E-state index in [1.54, 1.807) is 6.20 Å². The number of hydrogen-bond acceptors (Lipinski definition) is 5. The number of likely N-dealkylation sites (tertiary alicyclic amines) is 1. The predicted molar refractivity (Wildman–Crippen MR) is 60.6 cm³/mol. The molecule has 0 spiro atoms. The Bertz CT molecular complexity index is 319. The lowest BCUT2D eigenvalue weighted by Gasteiger charge is -2.29. The lowest BCUT2D eigenvalue weighted by atomic mass is 10.1. The van der Waals surface area contributed by atoms with Crippen LogP contribution in [-0.4, -0.2) is 41.0 Å². The number of nitrogen functional groups attached to an aromatic ring is 1. The maximum atomic E-state index is 5.52. The van der Waals surface area contributed by atoms with Crippen LogP contribution in [0.3, 0.4) is 0 Å². The number of nitrogens with two attached hydrogens (primary N) is 1. The van der Waals surface area contributed by atoms with Gasteiger partial charge in [0.2, 0.25) is 5.95 Å². The molecule has 1 aliphatic rings. The second-order valence-electron chi connectivity index (χ2n) is 4.02. The van der Waals surface area contributed by atoms with E-state index in [4.69, 9.17) is 5.73 Å². The Balaban J connectivity index is 1.92. The van der Waals surface area contributed by atoms with Gasteiger partial charge >= 0.3 is 0 Å². The first-order valence-corrected chi connectivity index (χ1v) is 5.27. The quantitative estimate of drug-likeness (QED) is 0.742. The fourth-order valence-electron chi connectivity index (χ4n) is 1.82. The van der Waals surface area contributed by atoms with Gasteiger partial charge in [-0.2, -0.15) is 4.98 Å². The second-order valence-corrected chi connectivity index (χ2v) is 4.02. The molecule has 1 aromatic heterocycles. The van der Waals surface area contributed by atoms with Crippen LogP contribution in [0.15, 0.2) is 12.3 Å². The molecule has 0 amide bonds. The van der Waals surface area contributed by atoms with Gasteiger partial charge in [-0.1, -0.05) is 0 Å². The molecule has 0 saturated carbocycles. The molecule has 0 radical (unpaired) electrons. The average Bonchev–Trinajstić information content (AvgIpc) is 2.22. The normalized spacial score (nSPS) is 19.0. The molecule has 82 valence electrons. The lowest BCUT2D eigenvalue weighted by molar-refractivity contribution is 0.263. The Hall–Kier alpha value is -1.36. The van der Waals surface area contributed by atoms with Crippen LogP contribution in [0.2, 0.25) is 0 Å². The third-order valence-corrected chi connectivity index (χ3v) is 2.74. The van der Waals surface area contributed by atoms with Gasteiger partial charge in [-0.25, -0.2) is 4.98 Å². The third-order valence-electron chi connectivity index (χ3n) is 2.74. The SMILES string of the molecule is CN1CCC(Nc2ccnc(N)n2)CC1. The maximum absolute atomic E-state index is 5.52. The fourth-order valence-corrected chi connectivity index (χ4v) is 1.82. The topological polar surface area (TPSA) is 67.1 Å². The van der Waals surface area contributed by atoms with Crippen molar-refractivity contribution in [3.63, 3.8) is 0 Å². The number of nitrogens with one attached hydrogen (secondary N) is 1. The van der Waals surface area contributed by atoms with Crippen molar-refractivity contribution in [2.75, 3.05) is 31.2 Å². The summed E-state index contributed by atoms with van der Waals surface area (Å²) in [7, 11) is 2.15. The summed E-state index contributed by atoms with van der Waals surface area (Å²) in [6.45, 7) is 2.27. The Labute approximate surface area is 89.7 Å². The Kier molecular flexibility index (Phi) is 3.01. The van der Waals surface area contributed by atoms with Crippen LogP contribution in [0.25, 0.3) is 0 Å². The second kappa shape index (κ2) is 4.44. The molecule has 2 heterocycles. The summed E-state index contributed by atoms with van der Waals surface area (Å²) >= 11 is 0. The molecular formula is C10H17N5. The van der Waals surface area contributed by atoms with Crippen molar-refractivity contribution in [3.05, 3.63) is 12.3 Å². The van der Waals surface area contributed by atoms with Crippen molar-refractivity contribution < 1.29 is 0 Å². The van der Waals surface area contributed by atoms with Crippen molar-refractivity contribution >= 4 is 11.8 Å². The summed E-state index contributed by atoms with van der Waals surface area (Å²) in [5.74, 6) is 1.16. The molecule has 15 heavy (non-hydrogen) atoms. The van der Waals surface area contributed by atoms with Crippen molar-refractivity contribution in [1.29, 1.82) is 0 Å². The Morgan fingerprint density at radius 2 is 2.20 bits per heavy atom. The minimum absolute atomic E-state index is 0.327. The van der Waals surface area contributed by atoms with Crippen LogP contribution in [-0.2, 0) is 0 Å². The van der Waals surface area contributed by atoms with Crippen LogP contribution in [0.1, 0.15) is 12.8 Å². The van der Waals surface area contributed by atoms with Gasteiger partial charge in [-0.15, -0.1) is 0 Å². The van der Waals surface area contributed by atoms with Gasteiger partial charge in [0, 0.05) is 12.2 Å². The Morgan fingerprint density at radius 1 is 1.47 bits per heavy atom. The number of hydrogen-bond donors (Lipinski definition) is 2. The summed E-state index contributed by atoms with van der Waals surface area (Å²) < 4.78 is 0. The summed E-state index contributed by atoms with van der Waals surface area (Å²) in [6.07, 6.45) is 3.99. The summed E-state index contributed by atoms with van der Waals surface area (Å²) in [5, 5.41) is 3.38. The first-order chi connectivity index (χ1) is 7.24. The highest BCUT2D eigenvalue weighted by Gasteiger charge is 2.16. The van der Waals surface area contributed by atoms with Gasteiger partial charge in [0.15, 0.2) is 0 Å². The van der Waals surface area contributed by atoms with Gasteiger partial charge in [0.05, 0.1) is 0 Å². The van der Waals surface area contributed by atoms with Crippen LogP contribution in [0, 0.1) is 0 Å². The van der Waals surface area contributed by atoms with Crippen LogP contribution in [0.5, 0.6) is 0 Å². The lowest BCUT2D eigenvalue weighted by Crippen LogP contribution is -2.36. The molecule has 0 aliphatic carbocycles. The zero-order valence-electron chi connectivity index (χ0n) is 8.98. The van der Waals surface area contributed by atoms with E-state index in [9.17, 15) is 0 Å². The van der Waals surface area contributed by atoms with Crippen molar-refractivity contribution in [1.82, 2.24) is 14.9 Å². The zero-order chi connectivity index (χ0) is 10.7. The number of piperidine rings is 1. The van der Waals surface area contributed by atoms with E-state index >= 15 is 0 Å². The molecule has 1 saturated heterocycles. The van der Waals surface area contributed by atoms with Gasteiger partial charge in [0.1, 0.15) is 5.82 Å². The van der Waals surface area contributed by atoms with E-state index in [2.05, 4.69) is 27.2 Å². The first-order valence-electron chi connectivity index (χ1n) is 5.27. The van der Waals surface area contributed by atoms with Gasteiger partial charge in [0.25, 0.3) is 0 Å². The van der Waals surface area contributed by atoms with Gasteiger partial charge in [-0.05, 0) is 39.0 Å². The summed E-state index contributed by atoms with van der Waals surface area (Å²) in [4.78, 5) is 10.3.